The van der Waals surface area contributed by atoms with E-state index >= 15 is 0 Å². The predicted molar refractivity (Wildman–Crippen MR) is 77.3 cm³/mol. The van der Waals surface area contributed by atoms with Gasteiger partial charge in [-0.3, -0.25) is 0 Å². The van der Waals surface area contributed by atoms with Gasteiger partial charge in [-0.25, -0.2) is 8.78 Å². The molecule has 1 atom stereocenters. The molecule has 2 rings (SSSR count). The van der Waals surface area contributed by atoms with Gasteiger partial charge in [-0.1, -0.05) is 33.6 Å². The third-order valence-corrected chi connectivity index (χ3v) is 4.59. The van der Waals surface area contributed by atoms with E-state index in [1.165, 1.54) is 24.3 Å². The number of hydrogen-bond donors (Lipinski definition) is 1. The maximum Gasteiger partial charge on any atom is 0.149 e. The number of rotatable bonds is 2. The van der Waals surface area contributed by atoms with Crippen LogP contribution in [-0.4, -0.2) is 5.11 Å². The minimum Gasteiger partial charge on any atom is -0.384 e. The zero-order valence-electron chi connectivity index (χ0n) is 9.30. The molecule has 0 aliphatic rings. The number of halogens is 5. The fraction of sp³-hybridized carbons (Fsp3) is 0.0769. The molecule has 0 aliphatic carbocycles. The number of aliphatic hydroxyl groups is 1. The lowest BCUT2D eigenvalue weighted by Gasteiger charge is -2.15. The summed E-state index contributed by atoms with van der Waals surface area (Å²) in [4.78, 5) is 0. The van der Waals surface area contributed by atoms with E-state index in [1.807, 2.05) is 0 Å². The number of aliphatic hydroxyl groups excluding tert-OH is 1. The lowest BCUT2D eigenvalue weighted by atomic mass is 10.0. The lowest BCUT2D eigenvalue weighted by Crippen LogP contribution is -2.04. The summed E-state index contributed by atoms with van der Waals surface area (Å²) in [7, 11) is 0. The minimum absolute atomic E-state index is 0.0144. The fourth-order valence-electron chi connectivity index (χ4n) is 1.64. The molecule has 0 heterocycles. The highest BCUT2D eigenvalue weighted by molar-refractivity contribution is 9.10. The summed E-state index contributed by atoms with van der Waals surface area (Å²) >= 11 is 12.0. The molecule has 100 valence electrons. The molecule has 0 spiro atoms. The van der Waals surface area contributed by atoms with Gasteiger partial charge in [-0.2, -0.15) is 0 Å². The Kier molecular flexibility index (Phi) is 4.61. The zero-order chi connectivity index (χ0) is 14.2. The largest absolute Gasteiger partial charge is 0.384 e. The second-order valence-corrected chi connectivity index (χ2v) is 5.92. The summed E-state index contributed by atoms with van der Waals surface area (Å²) in [5.74, 6) is -1.25. The van der Waals surface area contributed by atoms with E-state index < -0.39 is 17.7 Å². The molecule has 0 fully saturated rings. The van der Waals surface area contributed by atoms with Crippen molar-refractivity contribution in [3.8, 4) is 0 Å². The van der Waals surface area contributed by atoms with Gasteiger partial charge >= 0.3 is 0 Å². The van der Waals surface area contributed by atoms with Crippen molar-refractivity contribution in [2.24, 2.45) is 0 Å². The zero-order valence-corrected chi connectivity index (χ0v) is 13.2. The van der Waals surface area contributed by atoms with Crippen molar-refractivity contribution < 1.29 is 13.9 Å². The Balaban J connectivity index is 2.53. The summed E-state index contributed by atoms with van der Waals surface area (Å²) in [6, 6.07) is 6.76. The highest BCUT2D eigenvalue weighted by Crippen LogP contribution is 2.35. The molecule has 0 saturated carbocycles. The van der Waals surface area contributed by atoms with E-state index in [4.69, 9.17) is 11.6 Å². The smallest absolute Gasteiger partial charge is 0.149 e. The molecule has 0 bridgehead atoms. The van der Waals surface area contributed by atoms with Gasteiger partial charge in [0, 0.05) is 20.1 Å². The molecule has 1 nitrogen and oxygen atoms in total. The molecule has 6 heteroatoms. The van der Waals surface area contributed by atoms with Gasteiger partial charge in [0.15, 0.2) is 0 Å². The van der Waals surface area contributed by atoms with Gasteiger partial charge in [0.05, 0.1) is 5.02 Å². The van der Waals surface area contributed by atoms with Crippen molar-refractivity contribution in [1.82, 2.24) is 0 Å². The van der Waals surface area contributed by atoms with Crippen LogP contribution in [0.3, 0.4) is 0 Å². The fourth-order valence-corrected chi connectivity index (χ4v) is 2.59. The van der Waals surface area contributed by atoms with Crippen LogP contribution in [0.25, 0.3) is 0 Å². The molecule has 0 aromatic heterocycles. The summed E-state index contributed by atoms with van der Waals surface area (Å²) in [5, 5.41) is 10.1. The molecular weight excluding hydrogens is 405 g/mol. The SMILES string of the molecule is OC(c1cc(F)ccc1Br)c1ccc(Br)c(Cl)c1F. The van der Waals surface area contributed by atoms with Crippen LogP contribution in [0.15, 0.2) is 39.3 Å². The average Bonchev–Trinajstić information content (AvgIpc) is 2.38. The standard InChI is InChI=1S/C13H7Br2ClF2O/c14-9-3-1-6(17)5-8(9)13(19)7-2-4-10(15)11(16)12(7)18/h1-5,13,19H. The number of benzene rings is 2. The first-order valence-corrected chi connectivity index (χ1v) is 7.14. The molecule has 2 aromatic rings. The van der Waals surface area contributed by atoms with Gasteiger partial charge < -0.3 is 5.11 Å². The molecule has 19 heavy (non-hydrogen) atoms. The van der Waals surface area contributed by atoms with Crippen molar-refractivity contribution in [3.63, 3.8) is 0 Å². The Labute approximate surface area is 130 Å². The third-order valence-electron chi connectivity index (χ3n) is 2.61. The van der Waals surface area contributed by atoms with E-state index in [1.54, 1.807) is 0 Å². The Hall–Kier alpha value is -0.490. The van der Waals surface area contributed by atoms with Crippen LogP contribution in [0.1, 0.15) is 17.2 Å². The maximum absolute atomic E-state index is 14.0. The highest BCUT2D eigenvalue weighted by Gasteiger charge is 2.20. The van der Waals surface area contributed by atoms with E-state index in [2.05, 4.69) is 31.9 Å². The summed E-state index contributed by atoms with van der Waals surface area (Å²) in [6.45, 7) is 0. The Morgan fingerprint density at radius 3 is 2.32 bits per heavy atom. The first-order chi connectivity index (χ1) is 8.91. The van der Waals surface area contributed by atoms with E-state index in [0.717, 1.165) is 6.07 Å². The third kappa shape index (κ3) is 2.99. The van der Waals surface area contributed by atoms with Crippen molar-refractivity contribution in [3.05, 3.63) is 67.1 Å². The van der Waals surface area contributed by atoms with Crippen LogP contribution < -0.4 is 0 Å². The van der Waals surface area contributed by atoms with Gasteiger partial charge in [-0.15, -0.1) is 0 Å². The van der Waals surface area contributed by atoms with Crippen molar-refractivity contribution in [2.75, 3.05) is 0 Å². The van der Waals surface area contributed by atoms with Crippen molar-refractivity contribution in [1.29, 1.82) is 0 Å². The highest BCUT2D eigenvalue weighted by atomic mass is 79.9. The molecule has 1 N–H and O–H groups in total. The van der Waals surface area contributed by atoms with Crippen LogP contribution in [0.5, 0.6) is 0 Å². The molecule has 0 saturated heterocycles. The molecular formula is C13H7Br2ClF2O. The monoisotopic (exact) mass is 410 g/mol. The molecule has 0 amide bonds. The average molecular weight is 412 g/mol. The molecule has 2 aromatic carbocycles. The second kappa shape index (κ2) is 5.87. The Morgan fingerprint density at radius 1 is 1.00 bits per heavy atom. The maximum atomic E-state index is 14.0. The molecule has 0 radical (unpaired) electrons. The summed E-state index contributed by atoms with van der Waals surface area (Å²) < 4.78 is 28.1. The predicted octanol–water partition coefficient (Wildman–Crippen LogP) is 5.22. The quantitative estimate of drug-likeness (QED) is 0.670. The lowest BCUT2D eigenvalue weighted by molar-refractivity contribution is 0.213. The van der Waals surface area contributed by atoms with Gasteiger partial charge in [0.1, 0.15) is 17.7 Å². The van der Waals surface area contributed by atoms with Crippen LogP contribution in [0, 0.1) is 11.6 Å². The number of hydrogen-bond acceptors (Lipinski definition) is 1. The summed E-state index contributed by atoms with van der Waals surface area (Å²) in [5.41, 5.74) is 0.219. The van der Waals surface area contributed by atoms with E-state index in [9.17, 15) is 13.9 Å². The normalized spacial score (nSPS) is 12.5. The van der Waals surface area contributed by atoms with Crippen molar-refractivity contribution >= 4 is 43.5 Å². The minimum atomic E-state index is -1.31. The van der Waals surface area contributed by atoms with Gasteiger partial charge in [0.2, 0.25) is 0 Å². The van der Waals surface area contributed by atoms with Gasteiger partial charge in [0.25, 0.3) is 0 Å². The van der Waals surface area contributed by atoms with Crippen LogP contribution in [0.2, 0.25) is 5.02 Å². The Bertz CT molecular complexity index is 634. The molecule has 0 aliphatic heterocycles. The van der Waals surface area contributed by atoms with Crippen LogP contribution in [-0.2, 0) is 0 Å². The van der Waals surface area contributed by atoms with E-state index in [0.29, 0.717) is 8.95 Å². The van der Waals surface area contributed by atoms with Crippen molar-refractivity contribution in [2.45, 2.75) is 6.10 Å². The first-order valence-electron chi connectivity index (χ1n) is 5.18. The van der Waals surface area contributed by atoms with E-state index in [-0.39, 0.29) is 16.1 Å². The van der Waals surface area contributed by atoms with Crippen LogP contribution in [0.4, 0.5) is 8.78 Å². The first kappa shape index (κ1) is 14.9. The molecule has 1 unspecified atom stereocenters. The van der Waals surface area contributed by atoms with Gasteiger partial charge in [-0.05, 0) is 40.2 Å². The van der Waals surface area contributed by atoms with Crippen LogP contribution >= 0.6 is 43.5 Å². The Morgan fingerprint density at radius 2 is 1.63 bits per heavy atom. The topological polar surface area (TPSA) is 20.2 Å². The second-order valence-electron chi connectivity index (χ2n) is 3.83. The summed E-state index contributed by atoms with van der Waals surface area (Å²) in [6.07, 6.45) is -1.31.